The predicted octanol–water partition coefficient (Wildman–Crippen LogP) is 2.73. The quantitative estimate of drug-likeness (QED) is 0.566. The topological polar surface area (TPSA) is 88.8 Å². The van der Waals surface area contributed by atoms with Crippen LogP contribution in [0.2, 0.25) is 0 Å². The van der Waals surface area contributed by atoms with Gasteiger partial charge < -0.3 is 10.4 Å². The summed E-state index contributed by atoms with van der Waals surface area (Å²) in [5.41, 5.74) is 3.88. The van der Waals surface area contributed by atoms with Gasteiger partial charge in [0.25, 0.3) is 0 Å². The van der Waals surface area contributed by atoms with Crippen molar-refractivity contribution in [2.24, 2.45) is 0 Å². The van der Waals surface area contributed by atoms with Gasteiger partial charge in [0.15, 0.2) is 0 Å². The smallest absolute Gasteiger partial charge is 0.222 e. The number of benzene rings is 1. The highest BCUT2D eigenvalue weighted by Crippen LogP contribution is 2.29. The van der Waals surface area contributed by atoms with Crippen molar-refractivity contribution in [2.45, 2.75) is 6.92 Å². The summed E-state index contributed by atoms with van der Waals surface area (Å²) in [5.74, 6) is 0.777. The SMILES string of the molecule is Cc1cc(F)ccc1-n1c(-c2cnc(NCCO)nc2)nc2ccncc21. The Morgan fingerprint density at radius 1 is 1.15 bits per heavy atom. The monoisotopic (exact) mass is 364 g/mol. The van der Waals surface area contributed by atoms with Gasteiger partial charge in [0.05, 0.1) is 35.1 Å². The zero-order valence-corrected chi connectivity index (χ0v) is 14.6. The van der Waals surface area contributed by atoms with Crippen LogP contribution >= 0.6 is 0 Å². The maximum absolute atomic E-state index is 13.6. The molecule has 0 unspecified atom stereocenters. The molecule has 4 rings (SSSR count). The van der Waals surface area contributed by atoms with Gasteiger partial charge in [-0.15, -0.1) is 0 Å². The molecule has 8 heteroatoms. The van der Waals surface area contributed by atoms with Gasteiger partial charge in [-0.25, -0.2) is 19.3 Å². The molecule has 0 radical (unpaired) electrons. The number of aliphatic hydroxyl groups is 1. The molecule has 3 heterocycles. The average molecular weight is 364 g/mol. The van der Waals surface area contributed by atoms with E-state index in [1.165, 1.54) is 12.1 Å². The number of halogens is 1. The Balaban J connectivity index is 1.88. The first kappa shape index (κ1) is 17.0. The fourth-order valence-electron chi connectivity index (χ4n) is 2.93. The van der Waals surface area contributed by atoms with E-state index >= 15 is 0 Å². The molecule has 2 N–H and O–H groups in total. The minimum atomic E-state index is -0.289. The Morgan fingerprint density at radius 2 is 1.96 bits per heavy atom. The van der Waals surface area contributed by atoms with Crippen LogP contribution in [-0.2, 0) is 0 Å². The van der Waals surface area contributed by atoms with Crippen LogP contribution in [0.3, 0.4) is 0 Å². The van der Waals surface area contributed by atoms with Crippen molar-refractivity contribution in [3.8, 4) is 17.1 Å². The molecule has 0 aliphatic heterocycles. The minimum Gasteiger partial charge on any atom is -0.395 e. The van der Waals surface area contributed by atoms with Gasteiger partial charge in [-0.1, -0.05) is 0 Å². The first-order valence-corrected chi connectivity index (χ1v) is 8.43. The molecule has 27 heavy (non-hydrogen) atoms. The lowest BCUT2D eigenvalue weighted by atomic mass is 10.2. The molecule has 0 bridgehead atoms. The molecular weight excluding hydrogens is 347 g/mol. The molecule has 4 aromatic rings. The highest BCUT2D eigenvalue weighted by Gasteiger charge is 2.17. The molecule has 0 spiro atoms. The molecule has 0 saturated heterocycles. The second-order valence-electron chi connectivity index (χ2n) is 6.01. The Kier molecular flexibility index (Phi) is 4.47. The largest absolute Gasteiger partial charge is 0.395 e. The lowest BCUT2D eigenvalue weighted by Gasteiger charge is -2.12. The van der Waals surface area contributed by atoms with E-state index in [-0.39, 0.29) is 12.4 Å². The van der Waals surface area contributed by atoms with Crippen LogP contribution in [-0.4, -0.2) is 42.8 Å². The first-order chi connectivity index (χ1) is 13.2. The van der Waals surface area contributed by atoms with Crippen LogP contribution in [0.4, 0.5) is 10.3 Å². The van der Waals surface area contributed by atoms with E-state index in [0.29, 0.717) is 23.9 Å². The van der Waals surface area contributed by atoms with Gasteiger partial charge in [0.1, 0.15) is 11.6 Å². The molecule has 0 aliphatic rings. The van der Waals surface area contributed by atoms with E-state index in [2.05, 4.69) is 20.3 Å². The van der Waals surface area contributed by atoms with Gasteiger partial charge >= 0.3 is 0 Å². The molecule has 0 aliphatic carbocycles. The van der Waals surface area contributed by atoms with Crippen LogP contribution in [0.25, 0.3) is 28.1 Å². The summed E-state index contributed by atoms with van der Waals surface area (Å²) in [6.07, 6.45) is 6.74. The summed E-state index contributed by atoms with van der Waals surface area (Å²) in [4.78, 5) is 17.4. The second kappa shape index (κ2) is 7.08. The molecular formula is C19H17FN6O. The number of hydrogen-bond donors (Lipinski definition) is 2. The number of rotatable bonds is 5. The first-order valence-electron chi connectivity index (χ1n) is 8.43. The number of hydrogen-bond acceptors (Lipinski definition) is 6. The van der Waals surface area contributed by atoms with Crippen molar-refractivity contribution in [3.63, 3.8) is 0 Å². The van der Waals surface area contributed by atoms with Crippen LogP contribution < -0.4 is 5.32 Å². The van der Waals surface area contributed by atoms with Crippen LogP contribution in [0.1, 0.15) is 5.56 Å². The predicted molar refractivity (Wildman–Crippen MR) is 100 cm³/mol. The fraction of sp³-hybridized carbons (Fsp3) is 0.158. The van der Waals surface area contributed by atoms with Gasteiger partial charge in [0.2, 0.25) is 5.95 Å². The van der Waals surface area contributed by atoms with E-state index < -0.39 is 0 Å². The Bertz CT molecular complexity index is 1090. The molecule has 7 nitrogen and oxygen atoms in total. The molecule has 0 fully saturated rings. The van der Waals surface area contributed by atoms with Crippen molar-refractivity contribution >= 4 is 17.0 Å². The number of aliphatic hydroxyl groups excluding tert-OH is 1. The molecule has 0 atom stereocenters. The lowest BCUT2D eigenvalue weighted by Crippen LogP contribution is -2.08. The van der Waals surface area contributed by atoms with E-state index in [1.54, 1.807) is 30.9 Å². The third kappa shape index (κ3) is 3.22. The number of imidazole rings is 1. The average Bonchev–Trinajstić information content (AvgIpc) is 3.06. The Hall–Kier alpha value is -3.39. The summed E-state index contributed by atoms with van der Waals surface area (Å²) >= 11 is 0. The van der Waals surface area contributed by atoms with E-state index in [1.807, 2.05) is 17.6 Å². The summed E-state index contributed by atoms with van der Waals surface area (Å²) in [6.45, 7) is 2.22. The summed E-state index contributed by atoms with van der Waals surface area (Å²) in [6, 6.07) is 6.46. The van der Waals surface area contributed by atoms with Crippen molar-refractivity contribution in [1.29, 1.82) is 0 Å². The van der Waals surface area contributed by atoms with Gasteiger partial charge in [0, 0.05) is 25.1 Å². The van der Waals surface area contributed by atoms with E-state index in [4.69, 9.17) is 10.1 Å². The zero-order chi connectivity index (χ0) is 18.8. The number of aryl methyl sites for hydroxylation is 1. The summed E-state index contributed by atoms with van der Waals surface area (Å²) in [5, 5.41) is 11.8. The summed E-state index contributed by atoms with van der Waals surface area (Å²) in [7, 11) is 0. The number of pyridine rings is 1. The second-order valence-corrected chi connectivity index (χ2v) is 6.01. The number of nitrogens with zero attached hydrogens (tertiary/aromatic N) is 5. The third-order valence-corrected chi connectivity index (χ3v) is 4.16. The maximum atomic E-state index is 13.6. The highest BCUT2D eigenvalue weighted by molar-refractivity contribution is 5.82. The van der Waals surface area contributed by atoms with Crippen molar-refractivity contribution in [2.75, 3.05) is 18.5 Å². The third-order valence-electron chi connectivity index (χ3n) is 4.16. The van der Waals surface area contributed by atoms with Crippen LogP contribution in [0.5, 0.6) is 0 Å². The number of anilines is 1. The number of fused-ring (bicyclic) bond motifs is 1. The molecule has 1 aromatic carbocycles. The standard InChI is InChI=1S/C19H17FN6O/c1-12-8-14(20)2-3-16(12)26-17-11-21-5-4-15(17)25-18(26)13-9-23-19(24-10-13)22-6-7-27/h2-5,8-11,27H,6-7H2,1H3,(H,22,23,24). The molecule has 0 saturated carbocycles. The van der Waals surface area contributed by atoms with E-state index in [0.717, 1.165) is 22.3 Å². The highest BCUT2D eigenvalue weighted by atomic mass is 19.1. The summed E-state index contributed by atoms with van der Waals surface area (Å²) < 4.78 is 15.5. The van der Waals surface area contributed by atoms with Crippen LogP contribution in [0, 0.1) is 12.7 Å². The van der Waals surface area contributed by atoms with Crippen molar-refractivity contribution in [1.82, 2.24) is 24.5 Å². The number of nitrogens with one attached hydrogen (secondary N) is 1. The van der Waals surface area contributed by atoms with Gasteiger partial charge in [-0.3, -0.25) is 9.55 Å². The zero-order valence-electron chi connectivity index (χ0n) is 14.6. The van der Waals surface area contributed by atoms with Gasteiger partial charge in [-0.2, -0.15) is 0 Å². The normalized spacial score (nSPS) is 11.1. The number of aromatic nitrogens is 5. The molecule has 0 amide bonds. The maximum Gasteiger partial charge on any atom is 0.222 e. The van der Waals surface area contributed by atoms with Crippen molar-refractivity contribution < 1.29 is 9.50 Å². The minimum absolute atomic E-state index is 0.00223. The lowest BCUT2D eigenvalue weighted by molar-refractivity contribution is 0.311. The Labute approximate surface area is 154 Å². The molecule has 136 valence electrons. The van der Waals surface area contributed by atoms with Crippen LogP contribution in [0.15, 0.2) is 49.1 Å². The molecule has 3 aromatic heterocycles. The van der Waals surface area contributed by atoms with E-state index in [9.17, 15) is 4.39 Å². The van der Waals surface area contributed by atoms with Crippen molar-refractivity contribution in [3.05, 3.63) is 60.4 Å². The fourth-order valence-corrected chi connectivity index (χ4v) is 2.93. The Morgan fingerprint density at radius 3 is 2.70 bits per heavy atom. The van der Waals surface area contributed by atoms with Gasteiger partial charge in [-0.05, 0) is 36.8 Å².